The number of non-ortho nitro benzene ring substituents is 1. The predicted octanol–water partition coefficient (Wildman–Crippen LogP) is 1.94. The van der Waals surface area contributed by atoms with E-state index >= 15 is 0 Å². The molecule has 0 fully saturated rings. The highest BCUT2D eigenvalue weighted by Gasteiger charge is 2.23. The van der Waals surface area contributed by atoms with E-state index < -0.39 is 9.85 Å². The molecule has 2 heterocycles. The lowest BCUT2D eigenvalue weighted by Gasteiger charge is -1.93. The molecule has 0 saturated carbocycles. The van der Waals surface area contributed by atoms with Crippen LogP contribution >= 0.6 is 0 Å². The molecule has 0 spiro atoms. The van der Waals surface area contributed by atoms with E-state index in [1.54, 1.807) is 0 Å². The van der Waals surface area contributed by atoms with E-state index in [4.69, 9.17) is 4.52 Å². The van der Waals surface area contributed by atoms with Crippen LogP contribution in [0, 0.1) is 20.2 Å². The molecule has 3 rings (SSSR count). The lowest BCUT2D eigenvalue weighted by Crippen LogP contribution is -1.90. The van der Waals surface area contributed by atoms with Crippen LogP contribution in [0.4, 0.5) is 11.4 Å². The largest absolute Gasteiger partial charge is 0.332 e. The number of nitrogens with zero attached hydrogens (tertiary/aromatic N) is 5. The number of H-pyrrole nitrogens is 1. The van der Waals surface area contributed by atoms with Crippen molar-refractivity contribution in [2.45, 2.75) is 0 Å². The number of hydrogen-bond acceptors (Lipinski definition) is 8. The zero-order valence-corrected chi connectivity index (χ0v) is 10.7. The maximum Gasteiger partial charge on any atom is 0.319 e. The summed E-state index contributed by atoms with van der Waals surface area (Å²) < 4.78 is 4.96. The average Bonchev–Trinajstić information content (AvgIpc) is 3.16. The number of hydrogen-bond donors (Lipinski definition) is 1. The van der Waals surface area contributed by atoms with E-state index in [0.717, 1.165) is 6.20 Å². The van der Waals surface area contributed by atoms with Gasteiger partial charge in [-0.15, -0.1) is 0 Å². The minimum Gasteiger partial charge on any atom is -0.332 e. The van der Waals surface area contributed by atoms with Crippen molar-refractivity contribution >= 4 is 11.4 Å². The molecule has 0 radical (unpaired) electrons. The predicted molar refractivity (Wildman–Crippen MR) is 70.6 cm³/mol. The van der Waals surface area contributed by atoms with Crippen molar-refractivity contribution < 1.29 is 14.4 Å². The molecule has 0 atom stereocenters. The van der Waals surface area contributed by atoms with Gasteiger partial charge in [0.25, 0.3) is 11.6 Å². The van der Waals surface area contributed by atoms with Crippen LogP contribution in [0.25, 0.3) is 23.0 Å². The molecule has 0 bridgehead atoms. The van der Waals surface area contributed by atoms with Gasteiger partial charge >= 0.3 is 5.69 Å². The first-order chi connectivity index (χ1) is 10.6. The Balaban J connectivity index is 1.95. The molecule has 11 heteroatoms. The number of nitro benzene ring substituents is 1. The quantitative estimate of drug-likeness (QED) is 0.566. The fourth-order valence-corrected chi connectivity index (χ4v) is 1.75. The molecule has 110 valence electrons. The number of nitro groups is 2. The summed E-state index contributed by atoms with van der Waals surface area (Å²) in [5.74, 6) is 0.0475. The summed E-state index contributed by atoms with van der Waals surface area (Å²) >= 11 is 0. The van der Waals surface area contributed by atoms with Gasteiger partial charge in [-0.3, -0.25) is 25.3 Å². The Kier molecular flexibility index (Phi) is 3.06. The highest BCUT2D eigenvalue weighted by molar-refractivity contribution is 5.64. The van der Waals surface area contributed by atoms with Gasteiger partial charge in [-0.05, 0) is 12.1 Å². The molecule has 1 N–H and O–H groups in total. The summed E-state index contributed by atoms with van der Waals surface area (Å²) in [5.41, 5.74) is 0.101. The topological polar surface area (TPSA) is 154 Å². The third-order valence-electron chi connectivity index (χ3n) is 2.79. The van der Waals surface area contributed by atoms with E-state index in [1.807, 2.05) is 0 Å². The van der Waals surface area contributed by atoms with Crippen molar-refractivity contribution in [2.75, 3.05) is 0 Å². The molecule has 0 unspecified atom stereocenters. The Labute approximate surface area is 120 Å². The maximum atomic E-state index is 10.8. The molecule has 0 aliphatic carbocycles. The first-order valence-electron chi connectivity index (χ1n) is 5.83. The van der Waals surface area contributed by atoms with Crippen molar-refractivity contribution in [1.82, 2.24) is 20.3 Å². The van der Waals surface area contributed by atoms with Crippen molar-refractivity contribution in [3.05, 3.63) is 50.7 Å². The normalized spacial score (nSPS) is 10.5. The standard InChI is InChI=1S/C11H6N6O5/c18-16(19)7-3-1-6(2-4-7)10-13-11(22-15-10)9-8(17(20)21)5-12-14-9/h1-5H,(H,12,14). The van der Waals surface area contributed by atoms with Crippen LogP contribution in [-0.4, -0.2) is 30.2 Å². The number of aromatic amines is 1. The van der Waals surface area contributed by atoms with Crippen LogP contribution in [0.15, 0.2) is 35.0 Å². The van der Waals surface area contributed by atoms with Gasteiger partial charge in [0.1, 0.15) is 6.20 Å². The monoisotopic (exact) mass is 302 g/mol. The molecule has 11 nitrogen and oxygen atoms in total. The van der Waals surface area contributed by atoms with E-state index in [0.29, 0.717) is 5.56 Å². The highest BCUT2D eigenvalue weighted by atomic mass is 16.6. The zero-order chi connectivity index (χ0) is 15.7. The van der Waals surface area contributed by atoms with Crippen LogP contribution in [0.1, 0.15) is 0 Å². The summed E-state index contributed by atoms with van der Waals surface area (Å²) in [4.78, 5) is 24.3. The maximum absolute atomic E-state index is 10.8. The second-order valence-electron chi connectivity index (χ2n) is 4.11. The lowest BCUT2D eigenvalue weighted by atomic mass is 10.2. The number of aromatic nitrogens is 4. The van der Waals surface area contributed by atoms with Crippen molar-refractivity contribution in [2.24, 2.45) is 0 Å². The summed E-state index contributed by atoms with van der Waals surface area (Å²) in [6.07, 6.45) is 1.03. The Morgan fingerprint density at radius 2 is 1.82 bits per heavy atom. The smallest absolute Gasteiger partial charge is 0.319 e. The summed E-state index contributed by atoms with van der Waals surface area (Å²) in [5, 5.41) is 31.1. The van der Waals surface area contributed by atoms with E-state index in [9.17, 15) is 20.2 Å². The summed E-state index contributed by atoms with van der Waals surface area (Å²) in [6, 6.07) is 5.50. The van der Waals surface area contributed by atoms with E-state index in [-0.39, 0.29) is 28.8 Å². The third-order valence-corrected chi connectivity index (χ3v) is 2.79. The fourth-order valence-electron chi connectivity index (χ4n) is 1.75. The Hall–Kier alpha value is -3.63. The number of benzene rings is 1. The summed E-state index contributed by atoms with van der Waals surface area (Å²) in [6.45, 7) is 0. The second-order valence-corrected chi connectivity index (χ2v) is 4.11. The van der Waals surface area contributed by atoms with Crippen LogP contribution in [-0.2, 0) is 0 Å². The highest BCUT2D eigenvalue weighted by Crippen LogP contribution is 2.28. The Bertz CT molecular complexity index is 852. The molecule has 22 heavy (non-hydrogen) atoms. The molecule has 0 amide bonds. The minimum absolute atomic E-state index is 0.00865. The lowest BCUT2D eigenvalue weighted by molar-refractivity contribution is -0.384. The number of nitrogens with one attached hydrogen (secondary N) is 1. The first kappa shape index (κ1) is 13.4. The van der Waals surface area contributed by atoms with Gasteiger partial charge in [0.15, 0.2) is 0 Å². The van der Waals surface area contributed by atoms with Crippen LogP contribution in [0.3, 0.4) is 0 Å². The summed E-state index contributed by atoms with van der Waals surface area (Å²) in [7, 11) is 0. The average molecular weight is 302 g/mol. The van der Waals surface area contributed by atoms with E-state index in [2.05, 4.69) is 20.3 Å². The van der Waals surface area contributed by atoms with Gasteiger partial charge in [0, 0.05) is 17.7 Å². The third kappa shape index (κ3) is 2.26. The SMILES string of the molecule is O=[N+]([O-])c1ccc(-c2noc(-c3[nH]ncc3[N+](=O)[O-])n2)cc1. The second kappa shape index (κ2) is 5.05. The van der Waals surface area contributed by atoms with Gasteiger partial charge in [-0.2, -0.15) is 10.1 Å². The number of rotatable bonds is 4. The van der Waals surface area contributed by atoms with Crippen LogP contribution in [0.5, 0.6) is 0 Å². The fraction of sp³-hybridized carbons (Fsp3) is 0. The molecular weight excluding hydrogens is 296 g/mol. The van der Waals surface area contributed by atoms with Gasteiger partial charge in [0.05, 0.1) is 9.85 Å². The minimum atomic E-state index is -0.630. The molecule has 0 saturated heterocycles. The van der Waals surface area contributed by atoms with Crippen molar-refractivity contribution in [1.29, 1.82) is 0 Å². The Morgan fingerprint density at radius 3 is 2.45 bits per heavy atom. The van der Waals surface area contributed by atoms with Crippen molar-refractivity contribution in [3.63, 3.8) is 0 Å². The van der Waals surface area contributed by atoms with Crippen LogP contribution in [0.2, 0.25) is 0 Å². The van der Waals surface area contributed by atoms with Crippen LogP contribution < -0.4 is 0 Å². The molecule has 0 aliphatic heterocycles. The van der Waals surface area contributed by atoms with Gasteiger partial charge in [-0.1, -0.05) is 5.16 Å². The van der Waals surface area contributed by atoms with Crippen molar-refractivity contribution in [3.8, 4) is 23.0 Å². The Morgan fingerprint density at radius 1 is 1.09 bits per heavy atom. The molecular formula is C11H6N6O5. The van der Waals surface area contributed by atoms with Gasteiger partial charge < -0.3 is 4.52 Å². The van der Waals surface area contributed by atoms with E-state index in [1.165, 1.54) is 24.3 Å². The molecule has 1 aromatic carbocycles. The molecule has 0 aliphatic rings. The first-order valence-corrected chi connectivity index (χ1v) is 5.83. The van der Waals surface area contributed by atoms with Gasteiger partial charge in [-0.25, -0.2) is 0 Å². The zero-order valence-electron chi connectivity index (χ0n) is 10.7. The molecule has 3 aromatic rings. The van der Waals surface area contributed by atoms with Gasteiger partial charge in [0.2, 0.25) is 11.5 Å². The molecule has 2 aromatic heterocycles.